The van der Waals surface area contributed by atoms with Gasteiger partial charge in [0.05, 0.1) is 0 Å². The minimum atomic E-state index is -0.585. The van der Waals surface area contributed by atoms with Crippen molar-refractivity contribution in [3.8, 4) is 22.8 Å². The van der Waals surface area contributed by atoms with E-state index in [1.165, 1.54) is 25.1 Å². The average Bonchev–Trinajstić information content (AvgIpc) is 2.46. The molecule has 0 radical (unpaired) electrons. The lowest BCUT2D eigenvalue weighted by atomic mass is 10.1. The highest BCUT2D eigenvalue weighted by atomic mass is 16.5. The van der Waals surface area contributed by atoms with Crippen LogP contribution in [0.2, 0.25) is 0 Å². The van der Waals surface area contributed by atoms with Gasteiger partial charge < -0.3 is 14.3 Å². The summed E-state index contributed by atoms with van der Waals surface area (Å²) in [7, 11) is 0. The number of phenolic OH excluding ortho intramolecular Hbond substituents is 1. The first-order valence-electron chi connectivity index (χ1n) is 6.59. The number of ether oxygens (including phenoxy) is 1. The summed E-state index contributed by atoms with van der Waals surface area (Å²) in [5.74, 6) is -0.385. The molecule has 0 fully saturated rings. The van der Waals surface area contributed by atoms with Crippen LogP contribution < -0.4 is 10.2 Å². The smallest absolute Gasteiger partial charge is 0.308 e. The molecule has 5 nitrogen and oxygen atoms in total. The fraction of sp³-hybridized carbons (Fsp3) is 0.0588. The molecule has 3 aromatic rings. The molecule has 1 N–H and O–H groups in total. The van der Waals surface area contributed by atoms with E-state index >= 15 is 0 Å². The first-order chi connectivity index (χ1) is 10.5. The SMILES string of the molecule is CC(=O)Oc1cc(O)cc2oc(-c3ccccc3)cc(=O)c12. The van der Waals surface area contributed by atoms with Crippen molar-refractivity contribution in [2.75, 3.05) is 0 Å². The highest BCUT2D eigenvalue weighted by Gasteiger charge is 2.14. The van der Waals surface area contributed by atoms with Crippen LogP contribution in [-0.4, -0.2) is 11.1 Å². The summed E-state index contributed by atoms with van der Waals surface area (Å²) in [5.41, 5.74) is 0.540. The van der Waals surface area contributed by atoms with Gasteiger partial charge in [-0.2, -0.15) is 0 Å². The normalized spacial score (nSPS) is 10.6. The Labute approximate surface area is 125 Å². The Morgan fingerprint density at radius 3 is 2.55 bits per heavy atom. The molecule has 5 heteroatoms. The van der Waals surface area contributed by atoms with E-state index in [2.05, 4.69) is 0 Å². The van der Waals surface area contributed by atoms with Crippen molar-refractivity contribution in [2.24, 2.45) is 0 Å². The molecule has 110 valence electrons. The summed E-state index contributed by atoms with van der Waals surface area (Å²) in [4.78, 5) is 23.5. The van der Waals surface area contributed by atoms with Gasteiger partial charge in [-0.05, 0) is 0 Å². The van der Waals surface area contributed by atoms with E-state index in [0.29, 0.717) is 5.76 Å². The molecule has 1 aromatic heterocycles. The van der Waals surface area contributed by atoms with Gasteiger partial charge in [0.25, 0.3) is 0 Å². The third-order valence-electron chi connectivity index (χ3n) is 3.09. The maximum Gasteiger partial charge on any atom is 0.308 e. The van der Waals surface area contributed by atoms with Gasteiger partial charge in [0.2, 0.25) is 0 Å². The number of aromatic hydroxyl groups is 1. The fourth-order valence-electron chi connectivity index (χ4n) is 2.22. The molecule has 0 saturated heterocycles. The molecule has 0 spiro atoms. The molecular weight excluding hydrogens is 284 g/mol. The second-order valence-electron chi connectivity index (χ2n) is 4.75. The lowest BCUT2D eigenvalue weighted by Crippen LogP contribution is -2.07. The van der Waals surface area contributed by atoms with Crippen LogP contribution in [0.15, 0.2) is 57.7 Å². The van der Waals surface area contributed by atoms with Crippen LogP contribution in [0.5, 0.6) is 11.5 Å². The topological polar surface area (TPSA) is 76.7 Å². The lowest BCUT2D eigenvalue weighted by molar-refractivity contribution is -0.131. The molecule has 0 aliphatic rings. The Balaban J connectivity index is 2.27. The van der Waals surface area contributed by atoms with E-state index < -0.39 is 5.97 Å². The molecule has 0 aliphatic heterocycles. The molecule has 0 unspecified atom stereocenters. The van der Waals surface area contributed by atoms with Crippen molar-refractivity contribution in [2.45, 2.75) is 6.92 Å². The van der Waals surface area contributed by atoms with Gasteiger partial charge in [-0.1, -0.05) is 30.3 Å². The minimum Gasteiger partial charge on any atom is -0.508 e. The number of rotatable bonds is 2. The standard InChI is InChI=1S/C17H12O5/c1-10(18)21-15-7-12(19)8-16-17(15)13(20)9-14(22-16)11-5-3-2-4-6-11/h2-9,19H,1H3. The van der Waals surface area contributed by atoms with Crippen LogP contribution in [0.4, 0.5) is 0 Å². The number of carbonyl (C=O) groups is 1. The number of hydrogen-bond donors (Lipinski definition) is 1. The van der Waals surface area contributed by atoms with Gasteiger partial charge in [0.1, 0.15) is 28.2 Å². The summed E-state index contributed by atoms with van der Waals surface area (Å²) in [5, 5.41) is 9.84. The zero-order valence-corrected chi connectivity index (χ0v) is 11.7. The Morgan fingerprint density at radius 2 is 1.86 bits per heavy atom. The number of fused-ring (bicyclic) bond motifs is 1. The van der Waals surface area contributed by atoms with E-state index in [4.69, 9.17) is 9.15 Å². The molecule has 1 heterocycles. The van der Waals surface area contributed by atoms with E-state index in [9.17, 15) is 14.7 Å². The van der Waals surface area contributed by atoms with Crippen LogP contribution >= 0.6 is 0 Å². The summed E-state index contributed by atoms with van der Waals surface area (Å²) in [6, 6.07) is 13.0. The third kappa shape index (κ3) is 2.56. The maximum atomic E-state index is 12.4. The molecule has 3 rings (SSSR count). The first kappa shape index (κ1) is 13.9. The van der Waals surface area contributed by atoms with Gasteiger partial charge in [0.15, 0.2) is 5.43 Å². The second-order valence-corrected chi connectivity index (χ2v) is 4.75. The van der Waals surface area contributed by atoms with E-state index in [1.807, 2.05) is 18.2 Å². The number of esters is 1. The van der Waals surface area contributed by atoms with Gasteiger partial charge in [-0.15, -0.1) is 0 Å². The summed E-state index contributed by atoms with van der Waals surface area (Å²) < 4.78 is 10.7. The first-order valence-corrected chi connectivity index (χ1v) is 6.59. The molecule has 2 aromatic carbocycles. The monoisotopic (exact) mass is 296 g/mol. The molecular formula is C17H12O5. The Hall–Kier alpha value is -3.08. The van der Waals surface area contributed by atoms with Gasteiger partial charge >= 0.3 is 5.97 Å². The molecule has 0 amide bonds. The fourth-order valence-corrected chi connectivity index (χ4v) is 2.22. The molecule has 22 heavy (non-hydrogen) atoms. The van der Waals surface area contributed by atoms with Crippen LogP contribution in [0.25, 0.3) is 22.3 Å². The highest BCUT2D eigenvalue weighted by Crippen LogP contribution is 2.31. The number of phenols is 1. The Bertz CT molecular complexity index is 909. The summed E-state index contributed by atoms with van der Waals surface area (Å²) in [6.07, 6.45) is 0. The van der Waals surface area contributed by atoms with Gasteiger partial charge in [-0.25, -0.2) is 0 Å². The zero-order valence-electron chi connectivity index (χ0n) is 11.7. The Morgan fingerprint density at radius 1 is 1.14 bits per heavy atom. The average molecular weight is 296 g/mol. The van der Waals surface area contributed by atoms with Crippen molar-refractivity contribution in [3.05, 3.63) is 58.8 Å². The molecule has 0 aliphatic carbocycles. The van der Waals surface area contributed by atoms with Crippen molar-refractivity contribution in [1.29, 1.82) is 0 Å². The predicted octanol–water partition coefficient (Wildman–Crippen LogP) is 3.09. The summed E-state index contributed by atoms with van der Waals surface area (Å²) in [6.45, 7) is 1.22. The number of carbonyl (C=O) groups excluding carboxylic acids is 1. The van der Waals surface area contributed by atoms with E-state index in [-0.39, 0.29) is 27.9 Å². The van der Waals surface area contributed by atoms with Crippen LogP contribution in [0, 0.1) is 0 Å². The van der Waals surface area contributed by atoms with Gasteiger partial charge in [0, 0.05) is 30.7 Å². The minimum absolute atomic E-state index is 0.0177. The molecule has 0 bridgehead atoms. The van der Waals surface area contributed by atoms with Gasteiger partial charge in [-0.3, -0.25) is 9.59 Å². The van der Waals surface area contributed by atoms with Crippen LogP contribution in [0.1, 0.15) is 6.92 Å². The number of benzene rings is 2. The molecule has 0 saturated carbocycles. The van der Waals surface area contributed by atoms with Crippen molar-refractivity contribution >= 4 is 16.9 Å². The van der Waals surface area contributed by atoms with E-state index in [1.54, 1.807) is 12.1 Å². The molecule has 0 atom stereocenters. The number of hydrogen-bond acceptors (Lipinski definition) is 5. The van der Waals surface area contributed by atoms with E-state index in [0.717, 1.165) is 5.56 Å². The van der Waals surface area contributed by atoms with Crippen LogP contribution in [-0.2, 0) is 4.79 Å². The second kappa shape index (κ2) is 5.37. The van der Waals surface area contributed by atoms with Crippen molar-refractivity contribution < 1.29 is 19.1 Å². The van der Waals surface area contributed by atoms with Crippen molar-refractivity contribution in [3.63, 3.8) is 0 Å². The highest BCUT2D eigenvalue weighted by molar-refractivity contribution is 5.88. The van der Waals surface area contributed by atoms with Crippen molar-refractivity contribution in [1.82, 2.24) is 0 Å². The Kier molecular flexibility index (Phi) is 3.39. The lowest BCUT2D eigenvalue weighted by Gasteiger charge is -2.08. The maximum absolute atomic E-state index is 12.4. The quantitative estimate of drug-likeness (QED) is 0.581. The largest absolute Gasteiger partial charge is 0.508 e. The van der Waals surface area contributed by atoms with Crippen LogP contribution in [0.3, 0.4) is 0 Å². The summed E-state index contributed by atoms with van der Waals surface area (Å²) >= 11 is 0. The predicted molar refractivity (Wildman–Crippen MR) is 80.9 cm³/mol. The third-order valence-corrected chi connectivity index (χ3v) is 3.09. The zero-order chi connectivity index (χ0) is 15.7.